The van der Waals surface area contributed by atoms with Gasteiger partial charge in [-0.2, -0.15) is 0 Å². The van der Waals surface area contributed by atoms with Crippen molar-refractivity contribution in [3.8, 4) is 11.3 Å². The molecule has 3 aromatic rings. The van der Waals surface area contributed by atoms with Gasteiger partial charge in [0.1, 0.15) is 23.4 Å². The van der Waals surface area contributed by atoms with E-state index in [9.17, 15) is 23.2 Å². The van der Waals surface area contributed by atoms with Gasteiger partial charge in [0, 0.05) is 23.4 Å². The summed E-state index contributed by atoms with van der Waals surface area (Å²) in [6.45, 7) is 5.26. The van der Waals surface area contributed by atoms with E-state index in [0.29, 0.717) is 28.6 Å². The number of methoxy groups -OCH3 is 1. The van der Waals surface area contributed by atoms with Crippen molar-refractivity contribution in [1.29, 1.82) is 0 Å². The lowest BCUT2D eigenvalue weighted by atomic mass is 10.0. The number of hydrogen-bond acceptors (Lipinski definition) is 6. The molecule has 1 atom stereocenters. The molecule has 0 saturated carbocycles. The third-order valence-electron chi connectivity index (χ3n) is 5.09. The van der Waals surface area contributed by atoms with Gasteiger partial charge in [-0.1, -0.05) is 25.1 Å². The highest BCUT2D eigenvalue weighted by Crippen LogP contribution is 2.25. The molecule has 0 saturated heterocycles. The number of anilines is 2. The summed E-state index contributed by atoms with van der Waals surface area (Å²) in [6.07, 6.45) is 0. The van der Waals surface area contributed by atoms with Crippen LogP contribution >= 0.6 is 0 Å². The van der Waals surface area contributed by atoms with E-state index in [1.807, 2.05) is 0 Å². The van der Waals surface area contributed by atoms with Crippen molar-refractivity contribution in [2.24, 2.45) is 5.92 Å². The lowest BCUT2D eigenvalue weighted by molar-refractivity contribution is -0.144. The van der Waals surface area contributed by atoms with E-state index in [4.69, 9.17) is 9.26 Å². The first-order chi connectivity index (χ1) is 16.6. The largest absolute Gasteiger partial charge is 0.467 e. The molecular weight excluding hydrogens is 462 g/mol. The standard InChI is InChI=1S/C24H24F2N4O5/c1-12(2)21(23(32)34-4)29-22(31)20-11-19(30-35-20)14-5-7-17(13(3)9-14)27-24(33)28-18-8-6-15(25)10-16(18)26/h5-12,21H,1-4H3,(H,29,31)(H2,27,28,33). The molecule has 1 unspecified atom stereocenters. The molecule has 11 heteroatoms. The first-order valence-electron chi connectivity index (χ1n) is 10.6. The molecule has 2 aromatic carbocycles. The predicted molar refractivity (Wildman–Crippen MR) is 124 cm³/mol. The molecule has 0 fully saturated rings. The fourth-order valence-electron chi connectivity index (χ4n) is 3.19. The number of amides is 3. The Morgan fingerprint density at radius 1 is 1.00 bits per heavy atom. The number of aryl methyl sites for hydroxylation is 1. The number of nitrogens with zero attached hydrogens (tertiary/aromatic N) is 1. The Bertz CT molecular complexity index is 1260. The molecule has 0 spiro atoms. The Kier molecular flexibility index (Phi) is 7.80. The molecule has 3 rings (SSSR count). The fraction of sp³-hybridized carbons (Fsp3) is 0.250. The van der Waals surface area contributed by atoms with Gasteiger partial charge >= 0.3 is 12.0 Å². The van der Waals surface area contributed by atoms with E-state index < -0.39 is 35.6 Å². The summed E-state index contributed by atoms with van der Waals surface area (Å²) in [5, 5.41) is 11.4. The van der Waals surface area contributed by atoms with Crippen LogP contribution in [-0.2, 0) is 9.53 Å². The zero-order valence-electron chi connectivity index (χ0n) is 19.4. The van der Waals surface area contributed by atoms with E-state index in [-0.39, 0.29) is 17.4 Å². The first-order valence-corrected chi connectivity index (χ1v) is 10.6. The van der Waals surface area contributed by atoms with Crippen LogP contribution in [-0.4, -0.2) is 36.2 Å². The number of urea groups is 1. The van der Waals surface area contributed by atoms with Gasteiger partial charge in [0.05, 0.1) is 12.8 Å². The molecular formula is C24H24F2N4O5. The van der Waals surface area contributed by atoms with Gasteiger partial charge in [-0.25, -0.2) is 18.4 Å². The van der Waals surface area contributed by atoms with Gasteiger partial charge in [0.25, 0.3) is 5.91 Å². The molecule has 3 N–H and O–H groups in total. The highest BCUT2D eigenvalue weighted by Gasteiger charge is 2.27. The van der Waals surface area contributed by atoms with E-state index in [1.54, 1.807) is 39.0 Å². The first kappa shape index (κ1) is 25.3. The summed E-state index contributed by atoms with van der Waals surface area (Å²) < 4.78 is 36.6. The number of carbonyl (C=O) groups is 3. The maximum atomic E-state index is 13.7. The van der Waals surface area contributed by atoms with Crippen LogP contribution in [0.1, 0.15) is 30.0 Å². The van der Waals surface area contributed by atoms with E-state index >= 15 is 0 Å². The van der Waals surface area contributed by atoms with Crippen LogP contribution in [0.25, 0.3) is 11.3 Å². The Hall–Kier alpha value is -4.28. The summed E-state index contributed by atoms with van der Waals surface area (Å²) in [7, 11) is 1.24. The monoisotopic (exact) mass is 486 g/mol. The fourth-order valence-corrected chi connectivity index (χ4v) is 3.19. The molecule has 184 valence electrons. The Morgan fingerprint density at radius 3 is 2.31 bits per heavy atom. The summed E-state index contributed by atoms with van der Waals surface area (Å²) >= 11 is 0. The minimum Gasteiger partial charge on any atom is -0.467 e. The number of ether oxygens (including phenoxy) is 1. The van der Waals surface area contributed by atoms with Crippen LogP contribution in [0.5, 0.6) is 0 Å². The lowest BCUT2D eigenvalue weighted by Gasteiger charge is -2.18. The molecule has 0 radical (unpaired) electrons. The zero-order chi connectivity index (χ0) is 25.7. The van der Waals surface area contributed by atoms with Crippen LogP contribution < -0.4 is 16.0 Å². The van der Waals surface area contributed by atoms with Crippen LogP contribution in [0.15, 0.2) is 47.0 Å². The second kappa shape index (κ2) is 10.8. The molecule has 9 nitrogen and oxygen atoms in total. The second-order valence-corrected chi connectivity index (χ2v) is 8.03. The average molecular weight is 486 g/mol. The van der Waals surface area contributed by atoms with Crippen molar-refractivity contribution in [2.45, 2.75) is 26.8 Å². The highest BCUT2D eigenvalue weighted by atomic mass is 19.1. The van der Waals surface area contributed by atoms with Crippen molar-refractivity contribution >= 4 is 29.3 Å². The molecule has 0 bridgehead atoms. The minimum absolute atomic E-state index is 0.0879. The van der Waals surface area contributed by atoms with Crippen molar-refractivity contribution in [1.82, 2.24) is 10.5 Å². The molecule has 3 amide bonds. The Balaban J connectivity index is 1.69. The summed E-state index contributed by atoms with van der Waals surface area (Å²) in [5.41, 5.74) is 1.89. The second-order valence-electron chi connectivity index (χ2n) is 8.03. The summed E-state index contributed by atoms with van der Waals surface area (Å²) in [4.78, 5) is 36.6. The molecule has 0 aliphatic carbocycles. The van der Waals surface area contributed by atoms with Gasteiger partial charge in [-0.3, -0.25) is 4.79 Å². The normalized spacial score (nSPS) is 11.6. The average Bonchev–Trinajstić information content (AvgIpc) is 3.30. The van der Waals surface area contributed by atoms with Crippen molar-refractivity contribution < 1.29 is 32.4 Å². The summed E-state index contributed by atoms with van der Waals surface area (Å²) in [6, 6.07) is 7.64. The quantitative estimate of drug-likeness (QED) is 0.423. The number of rotatable bonds is 7. The highest BCUT2D eigenvalue weighted by molar-refractivity contribution is 6.00. The Morgan fingerprint density at radius 2 is 1.69 bits per heavy atom. The minimum atomic E-state index is -0.899. The molecule has 35 heavy (non-hydrogen) atoms. The van der Waals surface area contributed by atoms with E-state index in [0.717, 1.165) is 12.1 Å². The van der Waals surface area contributed by atoms with E-state index in [1.165, 1.54) is 13.2 Å². The number of benzene rings is 2. The number of aromatic nitrogens is 1. The zero-order valence-corrected chi connectivity index (χ0v) is 19.4. The number of hydrogen-bond donors (Lipinski definition) is 3. The number of halogens is 2. The van der Waals surface area contributed by atoms with Crippen molar-refractivity contribution in [3.63, 3.8) is 0 Å². The van der Waals surface area contributed by atoms with Crippen LogP contribution in [0, 0.1) is 24.5 Å². The van der Waals surface area contributed by atoms with Gasteiger partial charge in [-0.15, -0.1) is 0 Å². The maximum absolute atomic E-state index is 13.7. The third kappa shape index (κ3) is 6.19. The van der Waals surface area contributed by atoms with Gasteiger partial charge in [-0.05, 0) is 42.7 Å². The number of nitrogens with one attached hydrogen (secondary N) is 3. The van der Waals surface area contributed by atoms with Gasteiger partial charge in [0.2, 0.25) is 5.76 Å². The predicted octanol–water partition coefficient (Wildman–Crippen LogP) is 4.50. The number of carbonyl (C=O) groups excluding carboxylic acids is 3. The topological polar surface area (TPSA) is 123 Å². The smallest absolute Gasteiger partial charge is 0.328 e. The van der Waals surface area contributed by atoms with Crippen LogP contribution in [0.4, 0.5) is 25.0 Å². The SMILES string of the molecule is COC(=O)C(NC(=O)c1cc(-c2ccc(NC(=O)Nc3ccc(F)cc3F)c(C)c2)no1)C(C)C. The van der Waals surface area contributed by atoms with Crippen molar-refractivity contribution in [2.75, 3.05) is 17.7 Å². The van der Waals surface area contributed by atoms with Gasteiger partial charge < -0.3 is 25.2 Å². The van der Waals surface area contributed by atoms with Crippen LogP contribution in [0.3, 0.4) is 0 Å². The Labute approximate surface area is 199 Å². The van der Waals surface area contributed by atoms with Gasteiger partial charge in [0.15, 0.2) is 0 Å². The maximum Gasteiger partial charge on any atom is 0.328 e. The molecule has 1 heterocycles. The molecule has 0 aliphatic heterocycles. The van der Waals surface area contributed by atoms with Crippen LogP contribution in [0.2, 0.25) is 0 Å². The third-order valence-corrected chi connectivity index (χ3v) is 5.09. The van der Waals surface area contributed by atoms with E-state index in [2.05, 4.69) is 21.1 Å². The number of esters is 1. The molecule has 0 aliphatic rings. The molecule has 1 aromatic heterocycles. The summed E-state index contributed by atoms with van der Waals surface area (Å²) in [5.74, 6) is -3.13. The lowest BCUT2D eigenvalue weighted by Crippen LogP contribution is -2.44. The van der Waals surface area contributed by atoms with Crippen molar-refractivity contribution in [3.05, 3.63) is 65.4 Å².